The Balaban J connectivity index is 2.15. The summed E-state index contributed by atoms with van der Waals surface area (Å²) in [6, 6.07) is 15.9. The molecule has 0 saturated carbocycles. The third-order valence-electron chi connectivity index (χ3n) is 3.51. The lowest BCUT2D eigenvalue weighted by molar-refractivity contribution is -0.137. The first kappa shape index (κ1) is 15.8. The average molecular weight is 297 g/mol. The Morgan fingerprint density at radius 2 is 1.68 bits per heavy atom. The molecule has 0 heterocycles. The van der Waals surface area contributed by atoms with Crippen molar-refractivity contribution in [3.8, 4) is 0 Å². The minimum atomic E-state index is -0.949. The monoisotopic (exact) mass is 297 g/mol. The molecule has 1 unspecified atom stereocenters. The first-order valence-corrected chi connectivity index (χ1v) is 7.26. The molecule has 1 atom stereocenters. The molecular weight excluding hydrogens is 278 g/mol. The van der Waals surface area contributed by atoms with Crippen molar-refractivity contribution in [3.05, 3.63) is 71.3 Å². The first-order valence-electron chi connectivity index (χ1n) is 7.26. The third kappa shape index (κ3) is 4.19. The zero-order valence-electron chi connectivity index (χ0n) is 12.5. The second kappa shape index (κ2) is 7.41. The van der Waals surface area contributed by atoms with Gasteiger partial charge in [-0.25, -0.2) is 0 Å². The molecule has 4 nitrogen and oxygen atoms in total. The summed E-state index contributed by atoms with van der Waals surface area (Å²) in [6.07, 6.45) is 0.760. The van der Waals surface area contributed by atoms with Crippen LogP contribution >= 0.6 is 0 Å². The molecule has 0 saturated heterocycles. The third-order valence-corrected chi connectivity index (χ3v) is 3.51. The van der Waals surface area contributed by atoms with E-state index < -0.39 is 12.0 Å². The van der Waals surface area contributed by atoms with Crippen LogP contribution in [0.1, 0.15) is 40.9 Å². The van der Waals surface area contributed by atoms with E-state index in [-0.39, 0.29) is 12.3 Å². The van der Waals surface area contributed by atoms with Gasteiger partial charge in [-0.05, 0) is 29.7 Å². The molecular formula is C18H19NO3. The van der Waals surface area contributed by atoms with Gasteiger partial charge in [0.05, 0.1) is 12.5 Å². The lowest BCUT2D eigenvalue weighted by atomic mass is 10.0. The number of hydrogen-bond acceptors (Lipinski definition) is 2. The van der Waals surface area contributed by atoms with Crippen molar-refractivity contribution in [1.29, 1.82) is 0 Å². The van der Waals surface area contributed by atoms with Crippen LogP contribution in [0.2, 0.25) is 0 Å². The Morgan fingerprint density at radius 3 is 2.23 bits per heavy atom. The molecule has 0 radical (unpaired) electrons. The second-order valence-electron chi connectivity index (χ2n) is 5.09. The molecule has 1 amide bonds. The number of carboxylic acids is 1. The van der Waals surface area contributed by atoms with Gasteiger partial charge in [-0.2, -0.15) is 0 Å². The molecule has 2 N–H and O–H groups in total. The van der Waals surface area contributed by atoms with Crippen LogP contribution < -0.4 is 5.32 Å². The minimum absolute atomic E-state index is 0.150. The van der Waals surface area contributed by atoms with Crippen molar-refractivity contribution in [2.45, 2.75) is 25.8 Å². The van der Waals surface area contributed by atoms with E-state index in [0.29, 0.717) is 5.56 Å². The fourth-order valence-corrected chi connectivity index (χ4v) is 2.25. The zero-order chi connectivity index (χ0) is 15.9. The van der Waals surface area contributed by atoms with Crippen LogP contribution in [0.5, 0.6) is 0 Å². The molecule has 22 heavy (non-hydrogen) atoms. The van der Waals surface area contributed by atoms with E-state index in [4.69, 9.17) is 5.11 Å². The highest BCUT2D eigenvalue weighted by atomic mass is 16.4. The summed E-state index contributed by atoms with van der Waals surface area (Å²) in [7, 11) is 0. The first-order chi connectivity index (χ1) is 10.6. The van der Waals surface area contributed by atoms with Gasteiger partial charge in [-0.15, -0.1) is 0 Å². The van der Waals surface area contributed by atoms with Gasteiger partial charge in [-0.3, -0.25) is 9.59 Å². The SMILES string of the molecule is CCc1ccc(C(=O)NC(CC(=O)O)c2ccccc2)cc1. The van der Waals surface area contributed by atoms with E-state index in [1.54, 1.807) is 12.1 Å². The summed E-state index contributed by atoms with van der Waals surface area (Å²) < 4.78 is 0. The average Bonchev–Trinajstić information content (AvgIpc) is 2.54. The fourth-order valence-electron chi connectivity index (χ4n) is 2.25. The maximum absolute atomic E-state index is 12.3. The smallest absolute Gasteiger partial charge is 0.305 e. The topological polar surface area (TPSA) is 66.4 Å². The highest BCUT2D eigenvalue weighted by Crippen LogP contribution is 2.17. The van der Waals surface area contributed by atoms with Crippen LogP contribution in [-0.2, 0) is 11.2 Å². The number of rotatable bonds is 6. The highest BCUT2D eigenvalue weighted by molar-refractivity contribution is 5.94. The molecule has 114 valence electrons. The van der Waals surface area contributed by atoms with E-state index in [1.807, 2.05) is 49.4 Å². The Labute approximate surface area is 129 Å². The van der Waals surface area contributed by atoms with Crippen LogP contribution in [-0.4, -0.2) is 17.0 Å². The molecule has 4 heteroatoms. The van der Waals surface area contributed by atoms with Crippen LogP contribution in [0.4, 0.5) is 0 Å². The molecule has 0 aliphatic carbocycles. The molecule has 0 aliphatic rings. The number of nitrogens with one attached hydrogen (secondary N) is 1. The number of carboxylic acid groups (broad SMARTS) is 1. The van der Waals surface area contributed by atoms with Crippen molar-refractivity contribution >= 4 is 11.9 Å². The van der Waals surface area contributed by atoms with E-state index in [0.717, 1.165) is 17.5 Å². The summed E-state index contributed by atoms with van der Waals surface area (Å²) >= 11 is 0. The van der Waals surface area contributed by atoms with Crippen molar-refractivity contribution < 1.29 is 14.7 Å². The number of aliphatic carboxylic acids is 1. The van der Waals surface area contributed by atoms with E-state index in [2.05, 4.69) is 5.32 Å². The van der Waals surface area contributed by atoms with Crippen molar-refractivity contribution in [2.24, 2.45) is 0 Å². The largest absolute Gasteiger partial charge is 0.481 e. The summed E-state index contributed by atoms with van der Waals surface area (Å²) in [4.78, 5) is 23.3. The molecule has 0 spiro atoms. The fraction of sp³-hybridized carbons (Fsp3) is 0.222. The van der Waals surface area contributed by atoms with Gasteiger partial charge < -0.3 is 10.4 Å². The minimum Gasteiger partial charge on any atom is -0.481 e. The van der Waals surface area contributed by atoms with Crippen molar-refractivity contribution in [1.82, 2.24) is 5.32 Å². The number of carbonyl (C=O) groups is 2. The van der Waals surface area contributed by atoms with Gasteiger partial charge >= 0.3 is 5.97 Å². The van der Waals surface area contributed by atoms with Crippen molar-refractivity contribution in [2.75, 3.05) is 0 Å². The highest BCUT2D eigenvalue weighted by Gasteiger charge is 2.18. The van der Waals surface area contributed by atoms with Crippen LogP contribution in [0.3, 0.4) is 0 Å². The van der Waals surface area contributed by atoms with Crippen LogP contribution in [0.15, 0.2) is 54.6 Å². The lowest BCUT2D eigenvalue weighted by Gasteiger charge is -2.17. The number of benzene rings is 2. The number of hydrogen-bond donors (Lipinski definition) is 2. The van der Waals surface area contributed by atoms with Gasteiger partial charge in [0, 0.05) is 5.56 Å². The predicted molar refractivity (Wildman–Crippen MR) is 84.7 cm³/mol. The molecule has 0 aromatic heterocycles. The number of amides is 1. The molecule has 0 aliphatic heterocycles. The molecule has 2 rings (SSSR count). The van der Waals surface area contributed by atoms with E-state index in [9.17, 15) is 9.59 Å². The summed E-state index contributed by atoms with van der Waals surface area (Å²) in [5.41, 5.74) is 2.47. The van der Waals surface area contributed by atoms with Gasteiger partial charge in [0.2, 0.25) is 0 Å². The van der Waals surface area contributed by atoms with Crippen LogP contribution in [0, 0.1) is 0 Å². The normalized spacial score (nSPS) is 11.7. The van der Waals surface area contributed by atoms with Crippen molar-refractivity contribution in [3.63, 3.8) is 0 Å². The molecule has 2 aromatic carbocycles. The predicted octanol–water partition coefficient (Wildman–Crippen LogP) is 3.19. The summed E-state index contributed by atoms with van der Waals surface area (Å²) in [6.45, 7) is 2.05. The maximum Gasteiger partial charge on any atom is 0.305 e. The molecule has 2 aromatic rings. The Bertz CT molecular complexity index is 635. The van der Waals surface area contributed by atoms with E-state index >= 15 is 0 Å². The maximum atomic E-state index is 12.3. The van der Waals surface area contributed by atoms with Gasteiger partial charge in [-0.1, -0.05) is 49.4 Å². The van der Waals surface area contributed by atoms with Crippen LogP contribution in [0.25, 0.3) is 0 Å². The quantitative estimate of drug-likeness (QED) is 0.860. The zero-order valence-corrected chi connectivity index (χ0v) is 12.5. The Morgan fingerprint density at radius 1 is 1.05 bits per heavy atom. The molecule has 0 fully saturated rings. The van der Waals surface area contributed by atoms with Gasteiger partial charge in [0.1, 0.15) is 0 Å². The summed E-state index contributed by atoms with van der Waals surface area (Å²) in [5.74, 6) is -1.21. The van der Waals surface area contributed by atoms with E-state index in [1.165, 1.54) is 0 Å². The second-order valence-corrected chi connectivity index (χ2v) is 5.09. The Hall–Kier alpha value is -2.62. The van der Waals surface area contributed by atoms with Gasteiger partial charge in [0.25, 0.3) is 5.91 Å². The number of carbonyl (C=O) groups excluding carboxylic acids is 1. The molecule has 0 bridgehead atoms. The standard InChI is InChI=1S/C18H19NO3/c1-2-13-8-10-15(11-9-13)18(22)19-16(12-17(20)21)14-6-4-3-5-7-14/h3-11,16H,2,12H2,1H3,(H,19,22)(H,20,21). The Kier molecular flexibility index (Phi) is 5.31. The number of aryl methyl sites for hydroxylation is 1. The summed E-state index contributed by atoms with van der Waals surface area (Å²) in [5, 5.41) is 11.8. The lowest BCUT2D eigenvalue weighted by Crippen LogP contribution is -2.30. The van der Waals surface area contributed by atoms with Gasteiger partial charge in [0.15, 0.2) is 0 Å².